The Hall–Kier alpha value is -2.59. The number of aryl methyl sites for hydroxylation is 1. The van der Waals surface area contributed by atoms with Crippen molar-refractivity contribution in [3.8, 4) is 11.4 Å². The van der Waals surface area contributed by atoms with Crippen LogP contribution in [0, 0.1) is 6.92 Å². The van der Waals surface area contributed by atoms with Crippen molar-refractivity contribution >= 4 is 10.8 Å². The first-order valence-corrected chi connectivity index (χ1v) is 8.55. The molecule has 0 bridgehead atoms. The van der Waals surface area contributed by atoms with Crippen LogP contribution in [0.3, 0.4) is 0 Å². The molecule has 0 spiro atoms. The Morgan fingerprint density at radius 2 is 1.88 bits per heavy atom. The molecule has 0 aliphatic heterocycles. The molecule has 0 saturated carbocycles. The van der Waals surface area contributed by atoms with Gasteiger partial charge in [-0.3, -0.25) is 9.36 Å². The zero-order valence-corrected chi connectivity index (χ0v) is 15.0. The number of rotatable bonds is 6. The lowest BCUT2D eigenvalue weighted by atomic mass is 10.1. The minimum absolute atomic E-state index is 0.0226. The monoisotopic (exact) mass is 336 g/mol. The van der Waals surface area contributed by atoms with Crippen LogP contribution >= 0.6 is 0 Å². The molecule has 0 saturated heterocycles. The lowest BCUT2D eigenvalue weighted by Gasteiger charge is -2.12. The van der Waals surface area contributed by atoms with E-state index in [1.54, 1.807) is 4.57 Å². The van der Waals surface area contributed by atoms with Gasteiger partial charge in [-0.15, -0.1) is 0 Å². The van der Waals surface area contributed by atoms with Crippen LogP contribution in [0.15, 0.2) is 59.5 Å². The van der Waals surface area contributed by atoms with E-state index in [-0.39, 0.29) is 5.56 Å². The molecular weight excluding hydrogens is 312 g/mol. The number of hydrogen-bond acceptors (Lipinski definition) is 3. The van der Waals surface area contributed by atoms with Crippen molar-refractivity contribution in [3.63, 3.8) is 0 Å². The molecule has 4 nitrogen and oxygen atoms in total. The van der Waals surface area contributed by atoms with Gasteiger partial charge in [-0.1, -0.05) is 24.3 Å². The summed E-state index contributed by atoms with van der Waals surface area (Å²) in [5, 5.41) is 1.60. The highest BCUT2D eigenvalue weighted by Gasteiger charge is 2.08. The van der Waals surface area contributed by atoms with Crippen LogP contribution in [-0.4, -0.2) is 36.7 Å². The molecule has 0 amide bonds. The Labute approximate surface area is 148 Å². The van der Waals surface area contributed by atoms with Crippen LogP contribution < -0.4 is 10.3 Å². The molecule has 4 heteroatoms. The molecule has 0 aliphatic rings. The standard InChI is InChI=1S/C21H24N2O2/c1-16-7-4-5-8-20(16)23-13-11-17-9-10-18(15-19(17)21(23)24)25-14-6-12-22(2)3/h4-5,7-11,13,15H,6,12,14H2,1-3H3. The fourth-order valence-corrected chi connectivity index (χ4v) is 2.90. The molecule has 1 aromatic heterocycles. The summed E-state index contributed by atoms with van der Waals surface area (Å²) in [6.45, 7) is 3.63. The van der Waals surface area contributed by atoms with Crippen LogP contribution in [0.5, 0.6) is 5.75 Å². The van der Waals surface area contributed by atoms with Gasteiger partial charge in [0.1, 0.15) is 5.75 Å². The van der Waals surface area contributed by atoms with E-state index < -0.39 is 0 Å². The van der Waals surface area contributed by atoms with E-state index in [1.807, 2.05) is 75.7 Å². The lowest BCUT2D eigenvalue weighted by Crippen LogP contribution is -2.18. The zero-order valence-electron chi connectivity index (χ0n) is 15.0. The maximum absolute atomic E-state index is 13.0. The second-order valence-corrected chi connectivity index (χ2v) is 6.53. The normalized spacial score (nSPS) is 11.2. The number of ether oxygens (including phenoxy) is 1. The number of hydrogen-bond donors (Lipinski definition) is 0. The van der Waals surface area contributed by atoms with Gasteiger partial charge in [0.25, 0.3) is 5.56 Å². The molecule has 0 unspecified atom stereocenters. The summed E-state index contributed by atoms with van der Waals surface area (Å²) in [6.07, 6.45) is 2.79. The average molecular weight is 336 g/mol. The van der Waals surface area contributed by atoms with E-state index in [2.05, 4.69) is 4.90 Å². The highest BCUT2D eigenvalue weighted by molar-refractivity contribution is 5.83. The number of aromatic nitrogens is 1. The van der Waals surface area contributed by atoms with Gasteiger partial charge in [-0.2, -0.15) is 0 Å². The molecule has 0 aliphatic carbocycles. The van der Waals surface area contributed by atoms with Crippen molar-refractivity contribution in [1.82, 2.24) is 9.47 Å². The highest BCUT2D eigenvalue weighted by Crippen LogP contribution is 2.20. The van der Waals surface area contributed by atoms with Gasteiger partial charge in [0.2, 0.25) is 0 Å². The smallest absolute Gasteiger partial charge is 0.263 e. The van der Waals surface area contributed by atoms with Gasteiger partial charge in [-0.25, -0.2) is 0 Å². The van der Waals surface area contributed by atoms with Crippen molar-refractivity contribution in [1.29, 1.82) is 0 Å². The topological polar surface area (TPSA) is 34.5 Å². The number of para-hydroxylation sites is 1. The van der Waals surface area contributed by atoms with Crippen molar-refractivity contribution in [3.05, 3.63) is 70.6 Å². The van der Waals surface area contributed by atoms with Crippen molar-refractivity contribution in [2.75, 3.05) is 27.2 Å². The van der Waals surface area contributed by atoms with E-state index in [0.717, 1.165) is 35.4 Å². The van der Waals surface area contributed by atoms with Crippen molar-refractivity contribution in [2.24, 2.45) is 0 Å². The van der Waals surface area contributed by atoms with Gasteiger partial charge >= 0.3 is 0 Å². The van der Waals surface area contributed by atoms with E-state index in [1.165, 1.54) is 0 Å². The van der Waals surface area contributed by atoms with Crippen LogP contribution in [0.2, 0.25) is 0 Å². The summed E-state index contributed by atoms with van der Waals surface area (Å²) in [6, 6.07) is 15.6. The first-order chi connectivity index (χ1) is 12.1. The molecule has 130 valence electrons. The number of nitrogens with zero attached hydrogens (tertiary/aromatic N) is 2. The number of fused-ring (bicyclic) bond motifs is 1. The van der Waals surface area contributed by atoms with E-state index in [9.17, 15) is 4.79 Å². The van der Waals surface area contributed by atoms with Crippen LogP contribution in [0.25, 0.3) is 16.5 Å². The SMILES string of the molecule is Cc1ccccc1-n1ccc2ccc(OCCCN(C)C)cc2c1=O. The quantitative estimate of drug-likeness (QED) is 0.645. The molecule has 3 rings (SSSR count). The fraction of sp³-hybridized carbons (Fsp3) is 0.286. The molecule has 0 radical (unpaired) electrons. The van der Waals surface area contributed by atoms with Gasteiger partial charge in [0.05, 0.1) is 17.7 Å². The third kappa shape index (κ3) is 3.91. The summed E-state index contributed by atoms with van der Waals surface area (Å²) in [4.78, 5) is 15.1. The van der Waals surface area contributed by atoms with E-state index >= 15 is 0 Å². The van der Waals surface area contributed by atoms with Crippen molar-refractivity contribution < 1.29 is 4.74 Å². The maximum Gasteiger partial charge on any atom is 0.263 e. The Morgan fingerprint density at radius 3 is 2.64 bits per heavy atom. The van der Waals surface area contributed by atoms with Gasteiger partial charge in [-0.05, 0) is 62.7 Å². The highest BCUT2D eigenvalue weighted by atomic mass is 16.5. The molecule has 0 atom stereocenters. The van der Waals surface area contributed by atoms with Crippen LogP contribution in [0.1, 0.15) is 12.0 Å². The third-order valence-electron chi connectivity index (χ3n) is 4.27. The lowest BCUT2D eigenvalue weighted by molar-refractivity contribution is 0.282. The summed E-state index contributed by atoms with van der Waals surface area (Å²) in [5.41, 5.74) is 1.96. The molecular formula is C21H24N2O2. The van der Waals surface area contributed by atoms with Gasteiger partial charge in [0, 0.05) is 12.7 Å². The predicted octanol–water partition coefficient (Wildman–Crippen LogP) is 3.63. The summed E-state index contributed by atoms with van der Waals surface area (Å²) in [5.74, 6) is 0.742. The largest absolute Gasteiger partial charge is 0.494 e. The summed E-state index contributed by atoms with van der Waals surface area (Å²) >= 11 is 0. The second kappa shape index (κ2) is 7.53. The maximum atomic E-state index is 13.0. The van der Waals surface area contributed by atoms with Crippen LogP contribution in [-0.2, 0) is 0 Å². The Kier molecular flexibility index (Phi) is 5.19. The molecule has 0 N–H and O–H groups in total. The first kappa shape index (κ1) is 17.2. The average Bonchev–Trinajstić information content (AvgIpc) is 2.60. The third-order valence-corrected chi connectivity index (χ3v) is 4.27. The van der Waals surface area contributed by atoms with E-state index in [0.29, 0.717) is 12.0 Å². The minimum atomic E-state index is -0.0226. The van der Waals surface area contributed by atoms with Crippen LogP contribution in [0.4, 0.5) is 0 Å². The fourth-order valence-electron chi connectivity index (χ4n) is 2.90. The Balaban J connectivity index is 1.92. The zero-order chi connectivity index (χ0) is 17.8. The second-order valence-electron chi connectivity index (χ2n) is 6.53. The molecule has 2 aromatic carbocycles. The van der Waals surface area contributed by atoms with E-state index in [4.69, 9.17) is 4.74 Å². The number of pyridine rings is 1. The first-order valence-electron chi connectivity index (χ1n) is 8.55. The number of benzene rings is 2. The molecule has 25 heavy (non-hydrogen) atoms. The molecule has 0 fully saturated rings. The Bertz CT molecular complexity index is 929. The summed E-state index contributed by atoms with van der Waals surface area (Å²) < 4.78 is 7.52. The summed E-state index contributed by atoms with van der Waals surface area (Å²) in [7, 11) is 4.09. The van der Waals surface area contributed by atoms with Crippen molar-refractivity contribution in [2.45, 2.75) is 13.3 Å². The Morgan fingerprint density at radius 1 is 1.08 bits per heavy atom. The van der Waals surface area contributed by atoms with Gasteiger partial charge in [0.15, 0.2) is 0 Å². The predicted molar refractivity (Wildman–Crippen MR) is 103 cm³/mol. The molecule has 3 aromatic rings. The minimum Gasteiger partial charge on any atom is -0.494 e. The van der Waals surface area contributed by atoms with Gasteiger partial charge < -0.3 is 9.64 Å². The molecule has 1 heterocycles.